The van der Waals surface area contributed by atoms with Crippen molar-refractivity contribution in [2.75, 3.05) is 53.1 Å². The molecule has 13 heteroatoms. The first-order valence-corrected chi connectivity index (χ1v) is 16.3. The van der Waals surface area contributed by atoms with Crippen LogP contribution in [0.3, 0.4) is 0 Å². The molecule has 0 amide bonds. The quantitative estimate of drug-likeness (QED) is 0.374. The lowest BCUT2D eigenvalue weighted by molar-refractivity contribution is -0.0222. The van der Waals surface area contributed by atoms with Gasteiger partial charge >= 0.3 is 0 Å². The van der Waals surface area contributed by atoms with Crippen molar-refractivity contribution in [3.63, 3.8) is 0 Å². The molecule has 10 nitrogen and oxygen atoms in total. The van der Waals surface area contributed by atoms with Gasteiger partial charge in [-0.1, -0.05) is 6.92 Å². The summed E-state index contributed by atoms with van der Waals surface area (Å²) >= 11 is 0. The Hall–Kier alpha value is -3.32. The first-order valence-electron chi connectivity index (χ1n) is 14.6. The van der Waals surface area contributed by atoms with Crippen molar-refractivity contribution >= 4 is 27.3 Å². The van der Waals surface area contributed by atoms with E-state index in [-0.39, 0.29) is 31.7 Å². The van der Waals surface area contributed by atoms with E-state index in [4.69, 9.17) is 10.1 Å². The Morgan fingerprint density at radius 3 is 2.33 bits per heavy atom. The van der Waals surface area contributed by atoms with Gasteiger partial charge in [0.25, 0.3) is 5.92 Å². The average Bonchev–Trinajstić information content (AvgIpc) is 3.52. The molecule has 42 heavy (non-hydrogen) atoms. The molecule has 3 aliphatic rings. The molecular weight excluding hydrogens is 564 g/mol. The number of anilines is 3. The molecule has 0 bridgehead atoms. The van der Waals surface area contributed by atoms with Crippen LogP contribution in [0.15, 0.2) is 36.7 Å². The predicted molar refractivity (Wildman–Crippen MR) is 158 cm³/mol. The molecule has 1 spiro atoms. The van der Waals surface area contributed by atoms with Gasteiger partial charge in [0, 0.05) is 56.5 Å². The fraction of sp³-hybridized carbons (Fsp3) is 0.552. The minimum absolute atomic E-state index is 0.202. The van der Waals surface area contributed by atoms with Crippen molar-refractivity contribution in [1.29, 1.82) is 0 Å². The van der Waals surface area contributed by atoms with Crippen LogP contribution in [-0.2, 0) is 16.4 Å². The summed E-state index contributed by atoms with van der Waals surface area (Å²) in [7, 11) is -3.68. The number of alkyl halides is 2. The third-order valence-electron chi connectivity index (χ3n) is 8.76. The monoisotopic (exact) mass is 601 g/mol. The average molecular weight is 602 g/mol. The topological polar surface area (TPSA) is 116 Å². The van der Waals surface area contributed by atoms with Crippen molar-refractivity contribution in [2.45, 2.75) is 57.8 Å². The second kappa shape index (κ2) is 11.1. The molecular formula is C29H37F2N7O3S. The first kappa shape index (κ1) is 28.8. The van der Waals surface area contributed by atoms with Crippen molar-refractivity contribution in [1.82, 2.24) is 19.7 Å². The summed E-state index contributed by atoms with van der Waals surface area (Å²) in [6, 6.07) is 7.29. The van der Waals surface area contributed by atoms with E-state index in [1.54, 1.807) is 16.9 Å². The lowest BCUT2D eigenvalue weighted by atomic mass is 9.93. The number of hydrogen-bond acceptors (Lipinski definition) is 8. The van der Waals surface area contributed by atoms with Crippen molar-refractivity contribution in [2.24, 2.45) is 5.41 Å². The smallest absolute Gasteiger partial charge is 0.251 e. The van der Waals surface area contributed by atoms with E-state index in [1.165, 1.54) is 12.8 Å². The van der Waals surface area contributed by atoms with Gasteiger partial charge in [-0.2, -0.15) is 5.10 Å². The summed E-state index contributed by atoms with van der Waals surface area (Å²) < 4.78 is 56.6. The van der Waals surface area contributed by atoms with E-state index in [9.17, 15) is 17.2 Å². The predicted octanol–water partition coefficient (Wildman–Crippen LogP) is 4.24. The molecule has 1 aromatic carbocycles. The SMILES string of the molecule is CCc1cc(-c2cnn(-c3ccc(NS(=O)(=O)CCO)cc3N3CCC4(CC3)CC4)c2)nc(N2CCC(F)(F)CC2)n1. The Morgan fingerprint density at radius 2 is 1.67 bits per heavy atom. The number of aromatic nitrogens is 4. The number of nitrogens with one attached hydrogen (secondary N) is 1. The maximum atomic E-state index is 13.8. The van der Waals surface area contributed by atoms with Crippen LogP contribution in [0.5, 0.6) is 0 Å². The molecule has 2 aliphatic heterocycles. The molecule has 1 aliphatic carbocycles. The molecule has 226 valence electrons. The van der Waals surface area contributed by atoms with Crippen LogP contribution in [-0.4, -0.2) is 77.7 Å². The fourth-order valence-electron chi connectivity index (χ4n) is 5.86. The molecule has 0 atom stereocenters. The van der Waals surface area contributed by atoms with E-state index < -0.39 is 22.6 Å². The number of aliphatic hydroxyl groups is 1. The maximum Gasteiger partial charge on any atom is 0.251 e. The number of hydrogen-bond donors (Lipinski definition) is 2. The third-order valence-corrected chi connectivity index (χ3v) is 10.0. The molecule has 3 fully saturated rings. The number of piperidine rings is 2. The van der Waals surface area contributed by atoms with Crippen molar-refractivity contribution in [3.05, 3.63) is 42.4 Å². The van der Waals surface area contributed by atoms with Crippen LogP contribution in [0.1, 0.15) is 51.1 Å². The van der Waals surface area contributed by atoms with Gasteiger partial charge in [-0.05, 0) is 61.8 Å². The van der Waals surface area contributed by atoms with E-state index in [2.05, 4.69) is 19.7 Å². The number of sulfonamides is 1. The number of benzene rings is 1. The van der Waals surface area contributed by atoms with Crippen LogP contribution in [0.25, 0.3) is 16.9 Å². The van der Waals surface area contributed by atoms with E-state index >= 15 is 0 Å². The summed E-state index contributed by atoms with van der Waals surface area (Å²) in [6.07, 6.45) is 8.61. The zero-order valence-electron chi connectivity index (χ0n) is 23.8. The third kappa shape index (κ3) is 6.22. The van der Waals surface area contributed by atoms with Gasteiger partial charge in [-0.15, -0.1) is 0 Å². The van der Waals surface area contributed by atoms with Gasteiger partial charge < -0.3 is 14.9 Å². The molecule has 2 N–H and O–H groups in total. The summed E-state index contributed by atoms with van der Waals surface area (Å²) in [6.45, 7) is 3.69. The number of rotatable bonds is 9. The normalized spacial score (nSPS) is 19.7. The highest BCUT2D eigenvalue weighted by molar-refractivity contribution is 7.92. The molecule has 3 aromatic rings. The highest BCUT2D eigenvalue weighted by atomic mass is 32.2. The Labute approximate surface area is 244 Å². The fourth-order valence-corrected chi connectivity index (χ4v) is 6.69. The Bertz CT molecular complexity index is 1540. The van der Waals surface area contributed by atoms with Gasteiger partial charge in [0.1, 0.15) is 0 Å². The summed E-state index contributed by atoms with van der Waals surface area (Å²) in [5.74, 6) is -2.57. The van der Waals surface area contributed by atoms with Crippen molar-refractivity contribution < 1.29 is 22.3 Å². The number of aliphatic hydroxyl groups excluding tert-OH is 1. The minimum atomic E-state index is -3.68. The second-order valence-corrected chi connectivity index (χ2v) is 13.6. The van der Waals surface area contributed by atoms with Crippen LogP contribution < -0.4 is 14.5 Å². The molecule has 0 unspecified atom stereocenters. The highest BCUT2D eigenvalue weighted by Crippen LogP contribution is 2.54. The number of halogens is 2. The maximum absolute atomic E-state index is 13.8. The van der Waals surface area contributed by atoms with Crippen LogP contribution in [0.2, 0.25) is 0 Å². The lowest BCUT2D eigenvalue weighted by Gasteiger charge is -2.35. The number of nitrogens with zero attached hydrogens (tertiary/aromatic N) is 6. The summed E-state index contributed by atoms with van der Waals surface area (Å²) in [5.41, 5.74) is 4.84. The molecule has 2 saturated heterocycles. The first-order chi connectivity index (χ1) is 20.1. The van der Waals surface area contributed by atoms with Crippen molar-refractivity contribution in [3.8, 4) is 16.9 Å². The standard InChI is InChI=1S/C29H37F2N7O3S/c1-2-22-17-24(34-27(33-22)37-13-9-29(30,31)10-14-37)21-19-32-38(20-21)25-4-3-23(35-42(40,41)16-15-39)18-26(25)36-11-7-28(5-6-28)8-12-36/h3-4,17-20,35,39H,2,5-16H2,1H3. The van der Waals surface area contributed by atoms with E-state index in [1.807, 2.05) is 36.2 Å². The van der Waals surface area contributed by atoms with Gasteiger partial charge in [0.05, 0.1) is 41.3 Å². The van der Waals surface area contributed by atoms with Gasteiger partial charge in [-0.3, -0.25) is 4.72 Å². The summed E-state index contributed by atoms with van der Waals surface area (Å²) in [4.78, 5) is 13.5. The van der Waals surface area contributed by atoms with Gasteiger partial charge in [0.15, 0.2) is 0 Å². The van der Waals surface area contributed by atoms with E-state index in [0.29, 0.717) is 29.2 Å². The molecule has 4 heterocycles. The molecule has 0 radical (unpaired) electrons. The van der Waals surface area contributed by atoms with Crippen LogP contribution >= 0.6 is 0 Å². The Balaban J connectivity index is 1.31. The molecule has 2 aromatic heterocycles. The van der Waals surface area contributed by atoms with E-state index in [0.717, 1.165) is 48.6 Å². The van der Waals surface area contributed by atoms with Crippen LogP contribution in [0.4, 0.5) is 26.1 Å². The molecule has 6 rings (SSSR count). The second-order valence-electron chi connectivity index (χ2n) is 11.7. The summed E-state index contributed by atoms with van der Waals surface area (Å²) in [5, 5.41) is 13.8. The minimum Gasteiger partial charge on any atom is -0.395 e. The highest BCUT2D eigenvalue weighted by Gasteiger charge is 2.44. The zero-order chi connectivity index (χ0) is 29.5. The molecule has 1 saturated carbocycles. The van der Waals surface area contributed by atoms with Crippen LogP contribution in [0, 0.1) is 5.41 Å². The Morgan fingerprint density at radius 1 is 0.952 bits per heavy atom. The largest absolute Gasteiger partial charge is 0.395 e. The lowest BCUT2D eigenvalue weighted by Crippen LogP contribution is -2.40. The van der Waals surface area contributed by atoms with Gasteiger partial charge in [0.2, 0.25) is 16.0 Å². The zero-order valence-corrected chi connectivity index (χ0v) is 24.6. The Kier molecular flexibility index (Phi) is 7.58. The number of aryl methyl sites for hydroxylation is 1. The van der Waals surface area contributed by atoms with Gasteiger partial charge in [-0.25, -0.2) is 31.8 Å².